The van der Waals surface area contributed by atoms with Gasteiger partial charge in [-0.1, -0.05) is 0 Å². The summed E-state index contributed by atoms with van der Waals surface area (Å²) < 4.78 is 10.9. The van der Waals surface area contributed by atoms with Gasteiger partial charge < -0.3 is 14.8 Å². The molecule has 2 amide bonds. The second-order valence-corrected chi connectivity index (χ2v) is 5.65. The number of hydrogen-bond acceptors (Lipinski definition) is 5. The van der Waals surface area contributed by atoms with E-state index in [2.05, 4.69) is 10.6 Å². The summed E-state index contributed by atoms with van der Waals surface area (Å²) in [6, 6.07) is 5.24. The third-order valence-electron chi connectivity index (χ3n) is 3.79. The van der Waals surface area contributed by atoms with Gasteiger partial charge in [0.1, 0.15) is 11.5 Å². The van der Waals surface area contributed by atoms with Gasteiger partial charge in [0.25, 0.3) is 11.8 Å². The topological polar surface area (TPSA) is 76.7 Å². The summed E-state index contributed by atoms with van der Waals surface area (Å²) >= 11 is 0. The molecule has 6 heteroatoms. The molecule has 2 N–H and O–H groups in total. The average Bonchev–Trinajstić information content (AvgIpc) is 2.51. The molecule has 0 saturated carbocycles. The number of carbonyl (C=O) groups excluding carboxylic acids is 2. The summed E-state index contributed by atoms with van der Waals surface area (Å²) in [6.45, 7) is 3.95. The minimum absolute atomic E-state index is 0.118. The fraction of sp³-hybridized carbons (Fsp3) is 0.294. The van der Waals surface area contributed by atoms with Crippen molar-refractivity contribution in [1.29, 1.82) is 0 Å². The van der Waals surface area contributed by atoms with E-state index in [9.17, 15) is 9.59 Å². The second kappa shape index (κ2) is 5.46. The number of anilines is 1. The van der Waals surface area contributed by atoms with Crippen LogP contribution in [0, 0.1) is 0 Å². The fourth-order valence-corrected chi connectivity index (χ4v) is 2.91. The SMILES string of the molecule is COc1ccc2c3c(c(NC(C)C)cc(OC)c13)C(=O)NC2=O. The molecule has 0 bridgehead atoms. The highest BCUT2D eigenvalue weighted by molar-refractivity contribution is 6.29. The van der Waals surface area contributed by atoms with Gasteiger partial charge in [0.15, 0.2) is 0 Å². The second-order valence-electron chi connectivity index (χ2n) is 5.65. The zero-order chi connectivity index (χ0) is 16.7. The van der Waals surface area contributed by atoms with Crippen LogP contribution in [0.5, 0.6) is 11.5 Å². The predicted molar refractivity (Wildman–Crippen MR) is 87.6 cm³/mol. The Balaban J connectivity index is 2.49. The lowest BCUT2D eigenvalue weighted by molar-refractivity contribution is 0.0845. The van der Waals surface area contributed by atoms with E-state index in [0.717, 1.165) is 0 Å². The van der Waals surface area contributed by atoms with Crippen LogP contribution in [0.2, 0.25) is 0 Å². The van der Waals surface area contributed by atoms with Crippen LogP contribution in [0.4, 0.5) is 5.69 Å². The van der Waals surface area contributed by atoms with Crippen LogP contribution in [0.15, 0.2) is 18.2 Å². The van der Waals surface area contributed by atoms with Gasteiger partial charge in [-0.2, -0.15) is 0 Å². The van der Waals surface area contributed by atoms with Gasteiger partial charge in [0.2, 0.25) is 0 Å². The molecule has 0 aliphatic carbocycles. The molecular formula is C17H18N2O4. The number of rotatable bonds is 4. The molecule has 1 aliphatic heterocycles. The molecule has 0 unspecified atom stereocenters. The number of nitrogens with one attached hydrogen (secondary N) is 2. The molecule has 1 aliphatic rings. The van der Waals surface area contributed by atoms with E-state index in [4.69, 9.17) is 9.47 Å². The molecule has 3 rings (SSSR count). The van der Waals surface area contributed by atoms with Gasteiger partial charge in [-0.3, -0.25) is 14.9 Å². The number of methoxy groups -OCH3 is 2. The molecular weight excluding hydrogens is 296 g/mol. The molecule has 1 heterocycles. The van der Waals surface area contributed by atoms with E-state index in [1.165, 1.54) is 0 Å². The van der Waals surface area contributed by atoms with Gasteiger partial charge in [0.05, 0.1) is 30.9 Å². The largest absolute Gasteiger partial charge is 0.496 e. The van der Waals surface area contributed by atoms with E-state index >= 15 is 0 Å². The lowest BCUT2D eigenvalue weighted by Crippen LogP contribution is -2.35. The van der Waals surface area contributed by atoms with Gasteiger partial charge in [0, 0.05) is 23.1 Å². The number of hydrogen-bond donors (Lipinski definition) is 2. The van der Waals surface area contributed by atoms with Gasteiger partial charge in [-0.15, -0.1) is 0 Å². The Labute approximate surface area is 133 Å². The van der Waals surface area contributed by atoms with Crippen molar-refractivity contribution in [3.63, 3.8) is 0 Å². The molecule has 0 radical (unpaired) electrons. The molecule has 0 aromatic heterocycles. The quantitative estimate of drug-likeness (QED) is 0.848. The molecule has 23 heavy (non-hydrogen) atoms. The van der Waals surface area contributed by atoms with E-state index < -0.39 is 11.8 Å². The Hall–Kier alpha value is -2.76. The van der Waals surface area contributed by atoms with Crippen molar-refractivity contribution in [3.8, 4) is 11.5 Å². The average molecular weight is 314 g/mol. The minimum Gasteiger partial charge on any atom is -0.496 e. The third-order valence-corrected chi connectivity index (χ3v) is 3.79. The van der Waals surface area contributed by atoms with Crippen LogP contribution >= 0.6 is 0 Å². The number of amides is 2. The summed E-state index contributed by atoms with van der Waals surface area (Å²) in [5, 5.41) is 6.81. The van der Waals surface area contributed by atoms with Crippen LogP contribution in [-0.2, 0) is 0 Å². The van der Waals surface area contributed by atoms with Crippen molar-refractivity contribution >= 4 is 28.3 Å². The number of carbonyl (C=O) groups is 2. The summed E-state index contributed by atoms with van der Waals surface area (Å²) in [6.07, 6.45) is 0. The molecule has 0 spiro atoms. The summed E-state index contributed by atoms with van der Waals surface area (Å²) in [5.41, 5.74) is 1.49. The first-order valence-electron chi connectivity index (χ1n) is 7.31. The Bertz CT molecular complexity index is 827. The van der Waals surface area contributed by atoms with Crippen LogP contribution in [0.3, 0.4) is 0 Å². The van der Waals surface area contributed by atoms with E-state index in [1.807, 2.05) is 13.8 Å². The van der Waals surface area contributed by atoms with Crippen molar-refractivity contribution in [2.75, 3.05) is 19.5 Å². The van der Waals surface area contributed by atoms with Crippen LogP contribution in [-0.4, -0.2) is 32.1 Å². The van der Waals surface area contributed by atoms with Crippen molar-refractivity contribution < 1.29 is 19.1 Å². The van der Waals surface area contributed by atoms with Gasteiger partial charge in [-0.25, -0.2) is 0 Å². The van der Waals surface area contributed by atoms with Gasteiger partial charge >= 0.3 is 0 Å². The molecule has 0 fully saturated rings. The molecule has 6 nitrogen and oxygen atoms in total. The summed E-state index contributed by atoms with van der Waals surface area (Å²) in [7, 11) is 3.09. The summed E-state index contributed by atoms with van der Waals surface area (Å²) in [5.74, 6) is 0.263. The molecule has 2 aromatic carbocycles. The first-order chi connectivity index (χ1) is 11.0. The maximum absolute atomic E-state index is 12.4. The zero-order valence-electron chi connectivity index (χ0n) is 13.4. The molecule has 0 saturated heterocycles. The normalized spacial score (nSPS) is 13.3. The maximum Gasteiger partial charge on any atom is 0.260 e. The Kier molecular flexibility index (Phi) is 3.60. The maximum atomic E-state index is 12.4. The van der Waals surface area contributed by atoms with Crippen LogP contribution in [0.25, 0.3) is 10.8 Å². The number of imide groups is 1. The summed E-state index contributed by atoms with van der Waals surface area (Å²) in [4.78, 5) is 24.6. The highest BCUT2D eigenvalue weighted by Crippen LogP contribution is 2.43. The predicted octanol–water partition coefficient (Wildman–Crippen LogP) is 2.56. The van der Waals surface area contributed by atoms with Crippen molar-refractivity contribution in [2.45, 2.75) is 19.9 Å². The van der Waals surface area contributed by atoms with Crippen molar-refractivity contribution in [3.05, 3.63) is 29.3 Å². The van der Waals surface area contributed by atoms with Crippen LogP contribution in [0.1, 0.15) is 34.6 Å². The fourth-order valence-electron chi connectivity index (χ4n) is 2.91. The molecule has 120 valence electrons. The first kappa shape index (κ1) is 15.1. The Morgan fingerprint density at radius 3 is 2.30 bits per heavy atom. The highest BCUT2D eigenvalue weighted by atomic mass is 16.5. The van der Waals surface area contributed by atoms with E-state index in [1.54, 1.807) is 32.4 Å². The molecule has 0 atom stereocenters. The van der Waals surface area contributed by atoms with Crippen molar-refractivity contribution in [1.82, 2.24) is 5.32 Å². The minimum atomic E-state index is -0.424. The van der Waals surface area contributed by atoms with E-state index in [0.29, 0.717) is 39.1 Å². The molecule has 2 aromatic rings. The standard InChI is InChI=1S/C17H18N2O4/c1-8(2)18-10-7-12(23-4)15-11(22-3)6-5-9-13(15)14(10)17(21)19-16(9)20/h5-8,18H,1-4H3,(H,19,20,21). The highest BCUT2D eigenvalue weighted by Gasteiger charge is 2.31. The number of benzene rings is 2. The van der Waals surface area contributed by atoms with Crippen LogP contribution < -0.4 is 20.1 Å². The monoisotopic (exact) mass is 314 g/mol. The lowest BCUT2D eigenvalue weighted by atomic mass is 9.92. The van der Waals surface area contributed by atoms with E-state index in [-0.39, 0.29) is 6.04 Å². The smallest absolute Gasteiger partial charge is 0.260 e. The zero-order valence-corrected chi connectivity index (χ0v) is 13.4. The third kappa shape index (κ3) is 2.27. The lowest BCUT2D eigenvalue weighted by Gasteiger charge is -2.24. The first-order valence-corrected chi connectivity index (χ1v) is 7.31. The Morgan fingerprint density at radius 2 is 1.70 bits per heavy atom. The van der Waals surface area contributed by atoms with Gasteiger partial charge in [-0.05, 0) is 26.0 Å². The Morgan fingerprint density at radius 1 is 1.00 bits per heavy atom. The van der Waals surface area contributed by atoms with Crippen molar-refractivity contribution in [2.24, 2.45) is 0 Å². The number of ether oxygens (including phenoxy) is 2.